The van der Waals surface area contributed by atoms with Crippen LogP contribution in [0.2, 0.25) is 0 Å². The fourth-order valence-electron chi connectivity index (χ4n) is 3.57. The maximum Gasteiger partial charge on any atom is 0.319 e. The third-order valence-corrected chi connectivity index (χ3v) is 6.06. The van der Waals surface area contributed by atoms with Crippen LogP contribution in [-0.2, 0) is 4.79 Å². The van der Waals surface area contributed by atoms with Gasteiger partial charge in [-0.3, -0.25) is 4.79 Å². The number of rotatable bonds is 7. The number of carbonyl (C=O) groups is 2. The van der Waals surface area contributed by atoms with E-state index in [1.54, 1.807) is 17.4 Å². The first kappa shape index (κ1) is 20.7. The van der Waals surface area contributed by atoms with E-state index >= 15 is 0 Å². The Balaban J connectivity index is 1.36. The van der Waals surface area contributed by atoms with Crippen molar-refractivity contribution < 1.29 is 9.59 Å². The molecule has 2 aromatic heterocycles. The van der Waals surface area contributed by atoms with Crippen molar-refractivity contribution in [2.75, 3.05) is 18.4 Å². The van der Waals surface area contributed by atoms with Gasteiger partial charge in [0.1, 0.15) is 0 Å². The summed E-state index contributed by atoms with van der Waals surface area (Å²) in [5.74, 6) is -0.206. The van der Waals surface area contributed by atoms with Gasteiger partial charge in [-0.2, -0.15) is 0 Å². The zero-order valence-electron chi connectivity index (χ0n) is 17.1. The summed E-state index contributed by atoms with van der Waals surface area (Å²) >= 11 is 1.67. The van der Waals surface area contributed by atoms with E-state index in [0.29, 0.717) is 12.2 Å². The van der Waals surface area contributed by atoms with E-state index in [-0.39, 0.29) is 18.4 Å². The Bertz CT molecular complexity index is 1180. The average Bonchev–Trinajstić information content (AvgIpc) is 3.43. The van der Waals surface area contributed by atoms with E-state index < -0.39 is 6.03 Å². The van der Waals surface area contributed by atoms with E-state index in [1.807, 2.05) is 61.0 Å². The summed E-state index contributed by atoms with van der Waals surface area (Å²) in [7, 11) is 0. The number of hydrogen-bond acceptors (Lipinski definition) is 3. The molecule has 4 rings (SSSR count). The summed E-state index contributed by atoms with van der Waals surface area (Å²) in [6.45, 7) is 2.30. The molecule has 7 heteroatoms. The normalized spacial score (nSPS) is 11.8. The van der Waals surface area contributed by atoms with Crippen molar-refractivity contribution >= 4 is 39.9 Å². The second kappa shape index (κ2) is 9.49. The molecule has 1 unspecified atom stereocenters. The van der Waals surface area contributed by atoms with Gasteiger partial charge >= 0.3 is 6.03 Å². The Morgan fingerprint density at radius 2 is 1.90 bits per heavy atom. The summed E-state index contributed by atoms with van der Waals surface area (Å²) in [5.41, 5.74) is 3.95. The highest BCUT2D eigenvalue weighted by atomic mass is 32.1. The Kier molecular flexibility index (Phi) is 6.33. The summed E-state index contributed by atoms with van der Waals surface area (Å²) in [6, 6.07) is 19.3. The number of nitrogens with one attached hydrogen (secondary N) is 4. The van der Waals surface area contributed by atoms with E-state index in [9.17, 15) is 9.59 Å². The highest BCUT2D eigenvalue weighted by molar-refractivity contribution is 7.10. The van der Waals surface area contributed by atoms with Crippen LogP contribution in [0.3, 0.4) is 0 Å². The molecule has 2 aromatic carbocycles. The molecular weight excluding hydrogens is 408 g/mol. The minimum Gasteiger partial charge on any atom is -0.361 e. The van der Waals surface area contributed by atoms with Gasteiger partial charge in [-0.1, -0.05) is 36.4 Å². The van der Waals surface area contributed by atoms with Gasteiger partial charge in [0.05, 0.1) is 6.54 Å². The zero-order valence-corrected chi connectivity index (χ0v) is 18.0. The van der Waals surface area contributed by atoms with Crippen molar-refractivity contribution in [2.45, 2.75) is 12.8 Å². The Hall–Kier alpha value is -3.58. The molecule has 0 saturated carbocycles. The van der Waals surface area contributed by atoms with Crippen LogP contribution in [0.1, 0.15) is 21.9 Å². The number of para-hydroxylation sites is 1. The number of urea groups is 1. The van der Waals surface area contributed by atoms with Crippen LogP contribution in [0.5, 0.6) is 0 Å². The highest BCUT2D eigenvalue weighted by Gasteiger charge is 2.20. The second-order valence-corrected chi connectivity index (χ2v) is 8.32. The molecule has 4 aromatic rings. The zero-order chi connectivity index (χ0) is 21.6. The number of carbonyl (C=O) groups excluding carboxylic acids is 2. The predicted octanol–water partition coefficient (Wildman–Crippen LogP) is 4.61. The number of fused-ring (bicyclic) bond motifs is 1. The van der Waals surface area contributed by atoms with Gasteiger partial charge in [-0.15, -0.1) is 11.3 Å². The minimum absolute atomic E-state index is 0.0289. The maximum absolute atomic E-state index is 12.4. The Labute approximate surface area is 184 Å². The molecule has 0 fully saturated rings. The summed E-state index contributed by atoms with van der Waals surface area (Å²) in [4.78, 5) is 29.0. The van der Waals surface area contributed by atoms with E-state index in [4.69, 9.17) is 0 Å². The monoisotopic (exact) mass is 432 g/mol. The van der Waals surface area contributed by atoms with Gasteiger partial charge in [0.15, 0.2) is 0 Å². The van der Waals surface area contributed by atoms with Crippen molar-refractivity contribution in [3.8, 4) is 0 Å². The lowest BCUT2D eigenvalue weighted by molar-refractivity contribution is -0.120. The first-order chi connectivity index (χ1) is 15.1. The lowest BCUT2D eigenvalue weighted by atomic mass is 9.96. The molecule has 31 heavy (non-hydrogen) atoms. The first-order valence-corrected chi connectivity index (χ1v) is 11.0. The van der Waals surface area contributed by atoms with Crippen LogP contribution in [0.4, 0.5) is 10.5 Å². The number of thiophene rings is 1. The molecule has 1 atom stereocenters. The van der Waals surface area contributed by atoms with Crippen molar-refractivity contribution in [3.63, 3.8) is 0 Å². The summed E-state index contributed by atoms with van der Waals surface area (Å²) in [5, 5.41) is 11.5. The quantitative estimate of drug-likeness (QED) is 0.344. The molecule has 4 N–H and O–H groups in total. The number of amides is 3. The largest absolute Gasteiger partial charge is 0.361 e. The molecule has 158 valence electrons. The van der Waals surface area contributed by atoms with Crippen molar-refractivity contribution in [2.24, 2.45) is 0 Å². The lowest BCUT2D eigenvalue weighted by Gasteiger charge is -2.16. The van der Waals surface area contributed by atoms with Gasteiger partial charge < -0.3 is 20.9 Å². The molecule has 0 spiro atoms. The number of benzene rings is 2. The maximum atomic E-state index is 12.4. The van der Waals surface area contributed by atoms with Gasteiger partial charge in [0.25, 0.3) is 0 Å². The fraction of sp³-hybridized carbons (Fsp3) is 0.167. The molecule has 2 heterocycles. The number of H-pyrrole nitrogens is 1. The van der Waals surface area contributed by atoms with Gasteiger partial charge in [-0.25, -0.2) is 4.79 Å². The van der Waals surface area contributed by atoms with E-state index in [1.165, 1.54) is 4.88 Å². The van der Waals surface area contributed by atoms with E-state index in [2.05, 4.69) is 33.1 Å². The topological polar surface area (TPSA) is 86.0 Å². The lowest BCUT2D eigenvalue weighted by Crippen LogP contribution is -2.40. The van der Waals surface area contributed by atoms with Crippen LogP contribution in [-0.4, -0.2) is 30.0 Å². The van der Waals surface area contributed by atoms with Crippen molar-refractivity contribution in [3.05, 3.63) is 88.2 Å². The number of anilines is 1. The van der Waals surface area contributed by atoms with E-state index in [0.717, 1.165) is 22.0 Å². The van der Waals surface area contributed by atoms with Gasteiger partial charge in [0, 0.05) is 40.1 Å². The average molecular weight is 433 g/mol. The molecular formula is C24H24N4O2S. The molecule has 0 aliphatic rings. The Morgan fingerprint density at radius 3 is 2.71 bits per heavy atom. The fourth-order valence-corrected chi connectivity index (χ4v) is 4.42. The van der Waals surface area contributed by atoms with Crippen LogP contribution in [0.15, 0.2) is 72.2 Å². The Morgan fingerprint density at radius 1 is 1.03 bits per heavy atom. The van der Waals surface area contributed by atoms with Crippen LogP contribution < -0.4 is 16.0 Å². The van der Waals surface area contributed by atoms with Crippen LogP contribution >= 0.6 is 11.3 Å². The molecule has 0 radical (unpaired) electrons. The SMILES string of the molecule is Cc1cccc(NC(=O)NCC(=O)NCC(c2cccs2)c2c[nH]c3ccccc23)c1. The second-order valence-electron chi connectivity index (χ2n) is 7.34. The smallest absolute Gasteiger partial charge is 0.319 e. The third-order valence-electron chi connectivity index (χ3n) is 5.07. The molecule has 3 amide bonds. The number of aromatic nitrogens is 1. The molecule has 0 aliphatic heterocycles. The van der Waals surface area contributed by atoms with Gasteiger partial charge in [0.2, 0.25) is 5.91 Å². The predicted molar refractivity (Wildman–Crippen MR) is 126 cm³/mol. The summed E-state index contributed by atoms with van der Waals surface area (Å²) in [6.07, 6.45) is 2.01. The first-order valence-electron chi connectivity index (χ1n) is 10.1. The molecule has 0 saturated heterocycles. The van der Waals surface area contributed by atoms with Crippen LogP contribution in [0.25, 0.3) is 10.9 Å². The number of aromatic amines is 1. The molecule has 0 aliphatic carbocycles. The molecule has 0 bridgehead atoms. The van der Waals surface area contributed by atoms with Crippen molar-refractivity contribution in [1.82, 2.24) is 15.6 Å². The number of aryl methyl sites for hydroxylation is 1. The third kappa shape index (κ3) is 5.13. The highest BCUT2D eigenvalue weighted by Crippen LogP contribution is 2.32. The minimum atomic E-state index is -0.410. The van der Waals surface area contributed by atoms with Crippen molar-refractivity contribution in [1.29, 1.82) is 0 Å². The van der Waals surface area contributed by atoms with Gasteiger partial charge in [-0.05, 0) is 47.7 Å². The summed E-state index contributed by atoms with van der Waals surface area (Å²) < 4.78 is 0. The standard InChI is InChI=1S/C24H24N4O2S/c1-16-6-4-7-17(12-16)28-24(30)27-15-23(29)26-14-20(22-10-5-11-31-22)19-13-25-21-9-3-2-8-18(19)21/h2-13,20,25H,14-15H2,1H3,(H,26,29)(H2,27,28,30). The number of hydrogen-bond donors (Lipinski definition) is 4. The molecule has 6 nitrogen and oxygen atoms in total. The van der Waals surface area contributed by atoms with Crippen LogP contribution in [0, 0.1) is 6.92 Å².